The van der Waals surface area contributed by atoms with Gasteiger partial charge in [0.1, 0.15) is 0 Å². The maximum atomic E-state index is 12.3. The van der Waals surface area contributed by atoms with Crippen LogP contribution in [0.3, 0.4) is 0 Å². The zero-order valence-corrected chi connectivity index (χ0v) is 14.5. The fourth-order valence-electron chi connectivity index (χ4n) is 4.20. The molecule has 1 aromatic rings. The van der Waals surface area contributed by atoms with E-state index in [0.717, 1.165) is 25.2 Å². The number of carbonyl (C=O) groups is 1. The van der Waals surface area contributed by atoms with Crippen LogP contribution in [0.5, 0.6) is 0 Å². The molecule has 1 aromatic carbocycles. The van der Waals surface area contributed by atoms with Crippen LogP contribution in [-0.2, 0) is 4.79 Å². The normalized spacial score (nSPS) is 22.9. The van der Waals surface area contributed by atoms with Gasteiger partial charge in [-0.05, 0) is 60.8 Å². The van der Waals surface area contributed by atoms with Crippen LogP contribution >= 0.6 is 0 Å². The number of ketones is 1. The van der Waals surface area contributed by atoms with Crippen molar-refractivity contribution in [2.24, 2.45) is 5.92 Å². The summed E-state index contributed by atoms with van der Waals surface area (Å²) in [7, 11) is 0. The van der Waals surface area contributed by atoms with E-state index in [2.05, 4.69) is 31.2 Å². The lowest BCUT2D eigenvalue weighted by atomic mass is 9.81. The van der Waals surface area contributed by atoms with Crippen molar-refractivity contribution in [3.05, 3.63) is 41.5 Å². The molecule has 1 saturated carbocycles. The Hall–Kier alpha value is -1.37. The summed E-state index contributed by atoms with van der Waals surface area (Å²) < 4.78 is 0. The summed E-state index contributed by atoms with van der Waals surface area (Å²) in [6.45, 7) is 2.20. The van der Waals surface area contributed by atoms with Gasteiger partial charge in [0.05, 0.1) is 0 Å². The summed E-state index contributed by atoms with van der Waals surface area (Å²) in [5, 5.41) is 0. The topological polar surface area (TPSA) is 17.1 Å². The molecule has 1 heteroatoms. The highest BCUT2D eigenvalue weighted by atomic mass is 16.1. The molecule has 1 atom stereocenters. The number of benzene rings is 1. The monoisotopic (exact) mass is 310 g/mol. The summed E-state index contributed by atoms with van der Waals surface area (Å²) in [5.41, 5.74) is 4.00. The molecular weight excluding hydrogens is 280 g/mol. The minimum atomic E-state index is 0.278. The SMILES string of the molecule is CCCCC1CCC(c2ccc(C3CCCCC3)cc2)=CC1=O. The first-order valence-electron chi connectivity index (χ1n) is 9.62. The second-order valence-corrected chi connectivity index (χ2v) is 7.41. The molecule has 1 nitrogen and oxygen atoms in total. The molecule has 0 amide bonds. The molecule has 1 fully saturated rings. The highest BCUT2D eigenvalue weighted by molar-refractivity contribution is 5.99. The van der Waals surface area contributed by atoms with Gasteiger partial charge in [-0.25, -0.2) is 0 Å². The standard InChI is InChI=1S/C22H30O/c1-2-3-7-20-14-15-21(16-22(20)23)19-12-10-18(11-13-19)17-8-5-4-6-9-17/h10-13,16-17,20H,2-9,14-15H2,1H3. The molecule has 2 aliphatic carbocycles. The molecule has 0 bridgehead atoms. The van der Waals surface area contributed by atoms with Gasteiger partial charge in [0, 0.05) is 5.92 Å². The molecule has 124 valence electrons. The number of allylic oxidation sites excluding steroid dienone is 2. The van der Waals surface area contributed by atoms with E-state index in [-0.39, 0.29) is 5.92 Å². The van der Waals surface area contributed by atoms with E-state index in [0.29, 0.717) is 5.78 Å². The number of carbonyl (C=O) groups excluding carboxylic acids is 1. The zero-order valence-electron chi connectivity index (χ0n) is 14.5. The Bertz CT molecular complexity index is 546. The van der Waals surface area contributed by atoms with Crippen LogP contribution in [0.4, 0.5) is 0 Å². The van der Waals surface area contributed by atoms with E-state index < -0.39 is 0 Å². The fourth-order valence-corrected chi connectivity index (χ4v) is 4.20. The van der Waals surface area contributed by atoms with Crippen molar-refractivity contribution in [3.63, 3.8) is 0 Å². The lowest BCUT2D eigenvalue weighted by Crippen LogP contribution is -2.17. The number of hydrogen-bond acceptors (Lipinski definition) is 1. The van der Waals surface area contributed by atoms with Crippen molar-refractivity contribution in [3.8, 4) is 0 Å². The fraction of sp³-hybridized carbons (Fsp3) is 0.591. The van der Waals surface area contributed by atoms with Gasteiger partial charge < -0.3 is 0 Å². The van der Waals surface area contributed by atoms with Gasteiger partial charge >= 0.3 is 0 Å². The third-order valence-corrected chi connectivity index (χ3v) is 5.75. The predicted molar refractivity (Wildman–Crippen MR) is 97.5 cm³/mol. The molecule has 1 unspecified atom stereocenters. The van der Waals surface area contributed by atoms with Crippen LogP contribution in [0, 0.1) is 5.92 Å². The number of hydrogen-bond donors (Lipinski definition) is 0. The van der Waals surface area contributed by atoms with E-state index in [9.17, 15) is 4.79 Å². The first-order chi connectivity index (χ1) is 11.3. The van der Waals surface area contributed by atoms with Crippen LogP contribution in [0.25, 0.3) is 5.57 Å². The van der Waals surface area contributed by atoms with Crippen molar-refractivity contribution in [2.45, 2.75) is 77.0 Å². The van der Waals surface area contributed by atoms with Crippen molar-refractivity contribution in [1.82, 2.24) is 0 Å². The second-order valence-electron chi connectivity index (χ2n) is 7.41. The minimum absolute atomic E-state index is 0.278. The molecule has 0 N–H and O–H groups in total. The highest BCUT2D eigenvalue weighted by Crippen LogP contribution is 2.35. The van der Waals surface area contributed by atoms with Gasteiger partial charge in [-0.15, -0.1) is 0 Å². The second kappa shape index (κ2) is 7.95. The van der Waals surface area contributed by atoms with E-state index in [1.54, 1.807) is 0 Å². The first kappa shape index (κ1) is 16.5. The van der Waals surface area contributed by atoms with Crippen LogP contribution in [-0.4, -0.2) is 5.78 Å². The Labute approximate surface area is 141 Å². The summed E-state index contributed by atoms with van der Waals surface area (Å²) in [5.74, 6) is 1.40. The maximum absolute atomic E-state index is 12.3. The first-order valence-corrected chi connectivity index (χ1v) is 9.62. The Morgan fingerprint density at radius 1 is 1.00 bits per heavy atom. The van der Waals surface area contributed by atoms with Gasteiger partial charge in [0.25, 0.3) is 0 Å². The maximum Gasteiger partial charge on any atom is 0.159 e. The Kier molecular flexibility index (Phi) is 5.70. The number of unbranched alkanes of at least 4 members (excludes halogenated alkanes) is 1. The molecule has 0 saturated heterocycles. The van der Waals surface area contributed by atoms with E-state index in [4.69, 9.17) is 0 Å². The lowest BCUT2D eigenvalue weighted by Gasteiger charge is -2.23. The number of rotatable bonds is 5. The van der Waals surface area contributed by atoms with Crippen LogP contribution in [0.1, 0.15) is 88.2 Å². The molecule has 3 rings (SSSR count). The van der Waals surface area contributed by atoms with Gasteiger partial charge in [0.2, 0.25) is 0 Å². The Morgan fingerprint density at radius 2 is 1.74 bits per heavy atom. The summed E-state index contributed by atoms with van der Waals surface area (Å²) in [4.78, 5) is 12.3. The average Bonchev–Trinajstić information content (AvgIpc) is 2.61. The van der Waals surface area contributed by atoms with Crippen LogP contribution in [0.2, 0.25) is 0 Å². The van der Waals surface area contributed by atoms with Crippen molar-refractivity contribution in [2.75, 3.05) is 0 Å². The zero-order chi connectivity index (χ0) is 16.1. The molecular formula is C22H30O. The molecule has 0 heterocycles. The van der Waals surface area contributed by atoms with E-state index in [1.165, 1.54) is 61.6 Å². The van der Waals surface area contributed by atoms with Gasteiger partial charge in [-0.1, -0.05) is 63.3 Å². The molecule has 0 aliphatic heterocycles. The highest BCUT2D eigenvalue weighted by Gasteiger charge is 2.22. The molecule has 2 aliphatic rings. The van der Waals surface area contributed by atoms with E-state index >= 15 is 0 Å². The third kappa shape index (κ3) is 4.13. The van der Waals surface area contributed by atoms with Crippen molar-refractivity contribution < 1.29 is 4.79 Å². The largest absolute Gasteiger partial charge is 0.295 e. The summed E-state index contributed by atoms with van der Waals surface area (Å²) in [6.07, 6.45) is 14.3. The molecule has 0 spiro atoms. The van der Waals surface area contributed by atoms with Crippen molar-refractivity contribution >= 4 is 11.4 Å². The van der Waals surface area contributed by atoms with E-state index in [1.807, 2.05) is 6.08 Å². The summed E-state index contributed by atoms with van der Waals surface area (Å²) >= 11 is 0. The smallest absolute Gasteiger partial charge is 0.159 e. The molecule has 0 radical (unpaired) electrons. The van der Waals surface area contributed by atoms with Gasteiger partial charge in [-0.3, -0.25) is 4.79 Å². The van der Waals surface area contributed by atoms with Crippen LogP contribution < -0.4 is 0 Å². The lowest BCUT2D eigenvalue weighted by molar-refractivity contribution is -0.118. The Balaban J connectivity index is 1.66. The van der Waals surface area contributed by atoms with Crippen molar-refractivity contribution in [1.29, 1.82) is 0 Å². The molecule has 0 aromatic heterocycles. The Morgan fingerprint density at radius 3 is 2.39 bits per heavy atom. The molecule has 23 heavy (non-hydrogen) atoms. The summed E-state index contributed by atoms with van der Waals surface area (Å²) in [6, 6.07) is 9.10. The third-order valence-electron chi connectivity index (χ3n) is 5.75. The predicted octanol–water partition coefficient (Wildman–Crippen LogP) is 6.29. The quantitative estimate of drug-likeness (QED) is 0.625. The van der Waals surface area contributed by atoms with Gasteiger partial charge in [-0.2, -0.15) is 0 Å². The average molecular weight is 310 g/mol. The van der Waals surface area contributed by atoms with Crippen LogP contribution in [0.15, 0.2) is 30.3 Å². The van der Waals surface area contributed by atoms with Gasteiger partial charge in [0.15, 0.2) is 5.78 Å². The minimum Gasteiger partial charge on any atom is -0.295 e.